The predicted octanol–water partition coefficient (Wildman–Crippen LogP) is 4.33. The van der Waals surface area contributed by atoms with Crippen LogP contribution in [0, 0.1) is 6.92 Å². The first-order valence-corrected chi connectivity index (χ1v) is 10.8. The molecule has 1 spiro atoms. The van der Waals surface area contributed by atoms with Crippen LogP contribution in [0.5, 0.6) is 5.75 Å². The number of carbonyl (C=O) groups excluding carboxylic acids is 1. The van der Waals surface area contributed by atoms with Crippen molar-refractivity contribution in [3.05, 3.63) is 63.6 Å². The maximum atomic E-state index is 11.8. The zero-order valence-electron chi connectivity index (χ0n) is 16.8. The van der Waals surface area contributed by atoms with E-state index in [1.165, 1.54) is 5.56 Å². The van der Waals surface area contributed by atoms with Gasteiger partial charge in [0.2, 0.25) is 5.91 Å². The van der Waals surface area contributed by atoms with Crippen LogP contribution in [-0.4, -0.2) is 40.4 Å². The van der Waals surface area contributed by atoms with Crippen LogP contribution in [0.15, 0.2) is 51.9 Å². The molecule has 0 radical (unpaired) electrons. The van der Waals surface area contributed by atoms with Crippen LogP contribution < -0.4 is 5.32 Å². The molecule has 1 amide bonds. The molecule has 29 heavy (non-hydrogen) atoms. The fourth-order valence-electron chi connectivity index (χ4n) is 4.27. The van der Waals surface area contributed by atoms with Crippen LogP contribution in [0.25, 0.3) is 0 Å². The molecular weight excluding hydrogens is 430 g/mol. The van der Waals surface area contributed by atoms with Crippen LogP contribution in [0.1, 0.15) is 48.9 Å². The Morgan fingerprint density at radius 2 is 1.90 bits per heavy atom. The Balaban J connectivity index is 1.71. The third kappa shape index (κ3) is 4.23. The quantitative estimate of drug-likeness (QED) is 0.708. The topological polar surface area (TPSA) is 64.9 Å². The second-order valence-corrected chi connectivity index (χ2v) is 8.98. The van der Waals surface area contributed by atoms with Crippen molar-refractivity contribution < 1.29 is 9.90 Å². The maximum absolute atomic E-state index is 11.8. The summed E-state index contributed by atoms with van der Waals surface area (Å²) < 4.78 is 0.937. The van der Waals surface area contributed by atoms with Crippen LogP contribution in [-0.2, 0) is 4.79 Å². The number of aromatic hydroxyl groups is 1. The minimum absolute atomic E-state index is 0.0508. The van der Waals surface area contributed by atoms with Crippen molar-refractivity contribution in [3.63, 3.8) is 0 Å². The SMILES string of the molecule is CC(=O)N1CCC2(CC1)N=C(c1ccc(C)cc1)CC(c1cc(Br)ccc1O)N2. The summed E-state index contributed by atoms with van der Waals surface area (Å²) >= 11 is 3.53. The first-order valence-electron chi connectivity index (χ1n) is 10.0. The highest BCUT2D eigenvalue weighted by molar-refractivity contribution is 9.10. The van der Waals surface area contributed by atoms with Gasteiger partial charge in [0.1, 0.15) is 11.4 Å². The summed E-state index contributed by atoms with van der Waals surface area (Å²) in [6, 6.07) is 14.0. The van der Waals surface area contributed by atoms with Gasteiger partial charge in [-0.05, 0) is 30.7 Å². The average Bonchev–Trinajstić information content (AvgIpc) is 2.70. The Morgan fingerprint density at radius 3 is 2.55 bits per heavy atom. The number of hydrogen-bond donors (Lipinski definition) is 2. The zero-order valence-corrected chi connectivity index (χ0v) is 18.4. The summed E-state index contributed by atoms with van der Waals surface area (Å²) in [6.45, 7) is 5.07. The Bertz CT molecular complexity index is 947. The third-order valence-electron chi connectivity index (χ3n) is 5.98. The molecule has 2 aliphatic rings. The number of nitrogens with one attached hydrogen (secondary N) is 1. The van der Waals surface area contributed by atoms with Crippen molar-refractivity contribution in [2.24, 2.45) is 4.99 Å². The molecule has 0 aliphatic carbocycles. The van der Waals surface area contributed by atoms with Crippen LogP contribution in [0.3, 0.4) is 0 Å². The van der Waals surface area contributed by atoms with E-state index >= 15 is 0 Å². The molecular formula is C23H26BrN3O2. The average molecular weight is 456 g/mol. The first kappa shape index (κ1) is 20.1. The molecule has 6 heteroatoms. The fraction of sp³-hybridized carbons (Fsp3) is 0.391. The van der Waals surface area contributed by atoms with Crippen LogP contribution >= 0.6 is 15.9 Å². The molecule has 1 fully saturated rings. The second-order valence-electron chi connectivity index (χ2n) is 8.07. The number of aliphatic imine (C=N–C) groups is 1. The van der Waals surface area contributed by atoms with Gasteiger partial charge in [0.25, 0.3) is 0 Å². The maximum Gasteiger partial charge on any atom is 0.219 e. The number of likely N-dealkylation sites (tertiary alicyclic amines) is 1. The van der Waals surface area contributed by atoms with Gasteiger partial charge in [0.05, 0.1) is 0 Å². The van der Waals surface area contributed by atoms with Crippen molar-refractivity contribution in [1.82, 2.24) is 10.2 Å². The minimum Gasteiger partial charge on any atom is -0.508 e. The number of halogens is 1. The number of aryl methyl sites for hydroxylation is 1. The van der Waals surface area contributed by atoms with Gasteiger partial charge in [-0.3, -0.25) is 15.1 Å². The van der Waals surface area contributed by atoms with Crippen LogP contribution in [0.4, 0.5) is 0 Å². The number of nitrogens with zero attached hydrogens (tertiary/aromatic N) is 2. The number of phenols is 1. The normalized spacial score (nSPS) is 21.1. The number of carbonyl (C=O) groups is 1. The summed E-state index contributed by atoms with van der Waals surface area (Å²) in [5, 5.41) is 14.2. The molecule has 2 aromatic carbocycles. The molecule has 1 saturated heterocycles. The van der Waals surface area contributed by atoms with Gasteiger partial charge in [0, 0.05) is 61.1 Å². The minimum atomic E-state index is -0.427. The fourth-order valence-corrected chi connectivity index (χ4v) is 4.65. The summed E-state index contributed by atoms with van der Waals surface area (Å²) in [7, 11) is 0. The lowest BCUT2D eigenvalue weighted by Crippen LogP contribution is -2.56. The van der Waals surface area contributed by atoms with Gasteiger partial charge in [-0.2, -0.15) is 0 Å². The zero-order chi connectivity index (χ0) is 20.6. The summed E-state index contributed by atoms with van der Waals surface area (Å²) in [5.74, 6) is 0.395. The van der Waals surface area contributed by atoms with Gasteiger partial charge >= 0.3 is 0 Å². The van der Waals surface area contributed by atoms with E-state index in [0.717, 1.165) is 34.2 Å². The molecule has 5 nitrogen and oxygen atoms in total. The molecule has 4 rings (SSSR count). The van der Waals surface area contributed by atoms with Crippen molar-refractivity contribution in [1.29, 1.82) is 0 Å². The number of phenolic OH excluding ortho intramolecular Hbond substituents is 1. The van der Waals surface area contributed by atoms with Gasteiger partial charge in [-0.15, -0.1) is 0 Å². The van der Waals surface area contributed by atoms with E-state index in [1.807, 2.05) is 17.0 Å². The van der Waals surface area contributed by atoms with Gasteiger partial charge in [-0.25, -0.2) is 0 Å². The summed E-state index contributed by atoms with van der Waals surface area (Å²) in [6.07, 6.45) is 2.21. The number of amides is 1. The van der Waals surface area contributed by atoms with Crippen LogP contribution in [0.2, 0.25) is 0 Å². The first-order chi connectivity index (χ1) is 13.8. The van der Waals surface area contributed by atoms with Crippen molar-refractivity contribution in [2.75, 3.05) is 13.1 Å². The van der Waals surface area contributed by atoms with E-state index in [0.29, 0.717) is 19.5 Å². The highest BCUT2D eigenvalue weighted by atomic mass is 79.9. The molecule has 2 aromatic rings. The number of rotatable bonds is 2. The molecule has 2 aliphatic heterocycles. The third-order valence-corrected chi connectivity index (χ3v) is 6.47. The van der Waals surface area contributed by atoms with E-state index in [1.54, 1.807) is 13.0 Å². The Kier molecular flexibility index (Phi) is 5.49. The monoisotopic (exact) mass is 455 g/mol. The predicted molar refractivity (Wildman–Crippen MR) is 118 cm³/mol. The molecule has 1 unspecified atom stereocenters. The van der Waals surface area contributed by atoms with E-state index in [-0.39, 0.29) is 17.7 Å². The lowest BCUT2D eigenvalue weighted by Gasteiger charge is -2.45. The van der Waals surface area contributed by atoms with E-state index in [4.69, 9.17) is 4.99 Å². The largest absolute Gasteiger partial charge is 0.508 e. The Labute approximate surface area is 180 Å². The highest BCUT2D eigenvalue weighted by Crippen LogP contribution is 2.38. The van der Waals surface area contributed by atoms with E-state index in [2.05, 4.69) is 52.4 Å². The molecule has 2 N–H and O–H groups in total. The summed E-state index contributed by atoms with van der Waals surface area (Å²) in [5.41, 5.74) is 3.82. The highest BCUT2D eigenvalue weighted by Gasteiger charge is 2.41. The van der Waals surface area contributed by atoms with Crippen molar-refractivity contribution >= 4 is 27.5 Å². The van der Waals surface area contributed by atoms with Gasteiger partial charge in [-0.1, -0.05) is 45.8 Å². The Hall–Kier alpha value is -2.18. The molecule has 0 saturated carbocycles. The Morgan fingerprint density at radius 1 is 1.21 bits per heavy atom. The number of hydrogen-bond acceptors (Lipinski definition) is 4. The molecule has 2 heterocycles. The molecule has 1 atom stereocenters. The standard InChI is InChI=1S/C23H26BrN3O2/c1-15-3-5-17(6-4-15)20-14-21(19-13-18(24)7-8-22(19)29)26-23(25-20)9-11-27(12-10-23)16(2)28/h3-8,13,21,26,29H,9-12,14H2,1-2H3. The van der Waals surface area contributed by atoms with Crippen molar-refractivity contribution in [2.45, 2.75) is 44.8 Å². The second kappa shape index (κ2) is 7.92. The van der Waals surface area contributed by atoms with E-state index in [9.17, 15) is 9.90 Å². The summed E-state index contributed by atoms with van der Waals surface area (Å²) in [4.78, 5) is 18.8. The molecule has 152 valence electrons. The lowest BCUT2D eigenvalue weighted by molar-refractivity contribution is -0.130. The number of benzene rings is 2. The molecule has 0 bridgehead atoms. The van der Waals surface area contributed by atoms with E-state index < -0.39 is 5.66 Å². The lowest BCUT2D eigenvalue weighted by atomic mass is 9.87. The van der Waals surface area contributed by atoms with Crippen molar-refractivity contribution in [3.8, 4) is 5.75 Å². The van der Waals surface area contributed by atoms with Gasteiger partial charge in [0.15, 0.2) is 0 Å². The smallest absolute Gasteiger partial charge is 0.219 e. The number of piperidine rings is 1. The van der Waals surface area contributed by atoms with Gasteiger partial charge < -0.3 is 10.0 Å². The molecule has 0 aromatic heterocycles.